The SMILES string of the molecule is CC1(NC(=O)OC[C@H](c2ccc(Cl)c(-c3ncn[nH]3)c2)N2C(=O)[C@@H](c3ccc(-c4cnccn4)cc3)N=C2N)CC1. The standard InChI is InChI=1S/C28H26ClN9O3/c1-28(8-9-28)36-27(40)41-14-22(18-6-7-20(29)19(12-18)24-33-15-34-37-24)38-25(39)23(35-26(38)30)17-4-2-16(3-5-17)21-13-31-10-11-32-21/h2-7,10-13,15,22-23H,8-9,14H2,1H3,(H2,30,35)(H,36,40)(H,33,34,37)/t22-,23-/m1/s1. The maximum Gasteiger partial charge on any atom is 0.407 e. The summed E-state index contributed by atoms with van der Waals surface area (Å²) in [5.41, 5.74) is 9.51. The van der Waals surface area contributed by atoms with Crippen LogP contribution in [0.5, 0.6) is 0 Å². The van der Waals surface area contributed by atoms with Gasteiger partial charge >= 0.3 is 6.09 Å². The topological polar surface area (TPSA) is 164 Å². The van der Waals surface area contributed by atoms with Crippen LogP contribution in [-0.2, 0) is 9.53 Å². The number of nitrogens with one attached hydrogen (secondary N) is 2. The molecule has 0 spiro atoms. The molecule has 41 heavy (non-hydrogen) atoms. The molecule has 1 fully saturated rings. The molecule has 3 heterocycles. The number of nitrogens with zero attached hydrogens (tertiary/aromatic N) is 6. The third-order valence-electron chi connectivity index (χ3n) is 7.20. The number of benzene rings is 2. The molecule has 0 radical (unpaired) electrons. The number of amides is 2. The van der Waals surface area contributed by atoms with E-state index < -0.39 is 18.2 Å². The molecule has 208 valence electrons. The average Bonchev–Trinajstić information content (AvgIpc) is 3.33. The molecular formula is C28H26ClN9O3. The number of nitrogens with two attached hydrogens (primary N) is 1. The smallest absolute Gasteiger partial charge is 0.407 e. The van der Waals surface area contributed by atoms with Gasteiger partial charge in [0.05, 0.1) is 23.0 Å². The van der Waals surface area contributed by atoms with Crippen LogP contribution in [0.2, 0.25) is 5.02 Å². The summed E-state index contributed by atoms with van der Waals surface area (Å²) in [6.45, 7) is 1.78. The van der Waals surface area contributed by atoms with Crippen molar-refractivity contribution in [1.82, 2.24) is 35.4 Å². The highest BCUT2D eigenvalue weighted by atomic mass is 35.5. The molecule has 1 aliphatic heterocycles. The normalized spacial score (nSPS) is 18.1. The molecule has 0 saturated heterocycles. The van der Waals surface area contributed by atoms with Crippen LogP contribution in [0, 0.1) is 0 Å². The summed E-state index contributed by atoms with van der Waals surface area (Å²) >= 11 is 6.46. The first-order chi connectivity index (χ1) is 19.8. The number of halogens is 1. The van der Waals surface area contributed by atoms with Crippen LogP contribution in [0.25, 0.3) is 22.6 Å². The van der Waals surface area contributed by atoms with Gasteiger partial charge in [0.2, 0.25) is 0 Å². The largest absolute Gasteiger partial charge is 0.447 e. The Hall–Kier alpha value is -4.84. The monoisotopic (exact) mass is 571 g/mol. The van der Waals surface area contributed by atoms with E-state index in [1.807, 2.05) is 31.2 Å². The lowest BCUT2D eigenvalue weighted by Gasteiger charge is -2.28. The van der Waals surface area contributed by atoms with Gasteiger partial charge in [-0.2, -0.15) is 5.10 Å². The van der Waals surface area contributed by atoms with Gasteiger partial charge in [0.25, 0.3) is 5.91 Å². The highest BCUT2D eigenvalue weighted by Crippen LogP contribution is 2.37. The van der Waals surface area contributed by atoms with Crippen molar-refractivity contribution in [1.29, 1.82) is 0 Å². The van der Waals surface area contributed by atoms with E-state index in [-0.39, 0.29) is 24.0 Å². The van der Waals surface area contributed by atoms with Gasteiger partial charge in [0.1, 0.15) is 12.9 Å². The quantitative estimate of drug-likeness (QED) is 0.287. The van der Waals surface area contributed by atoms with Crippen molar-refractivity contribution in [3.05, 3.63) is 83.5 Å². The summed E-state index contributed by atoms with van der Waals surface area (Å²) in [6.07, 6.45) is 7.44. The molecule has 1 aliphatic carbocycles. The Bertz CT molecular complexity index is 1610. The molecule has 2 aliphatic rings. The molecule has 6 rings (SSSR count). The van der Waals surface area contributed by atoms with Crippen molar-refractivity contribution >= 4 is 29.6 Å². The molecular weight excluding hydrogens is 546 g/mol. The first-order valence-electron chi connectivity index (χ1n) is 12.9. The number of aliphatic imine (C=N–C) groups is 1. The fourth-order valence-electron chi connectivity index (χ4n) is 4.65. The zero-order valence-electron chi connectivity index (χ0n) is 22.0. The number of hydrogen-bond donors (Lipinski definition) is 3. The van der Waals surface area contributed by atoms with Gasteiger partial charge in [-0.05, 0) is 43.0 Å². The molecule has 0 unspecified atom stereocenters. The van der Waals surface area contributed by atoms with Crippen LogP contribution in [0.4, 0.5) is 4.79 Å². The van der Waals surface area contributed by atoms with E-state index in [4.69, 9.17) is 22.1 Å². The van der Waals surface area contributed by atoms with E-state index in [1.165, 1.54) is 11.2 Å². The first-order valence-corrected chi connectivity index (χ1v) is 13.3. The van der Waals surface area contributed by atoms with Crippen molar-refractivity contribution < 1.29 is 14.3 Å². The van der Waals surface area contributed by atoms with Crippen LogP contribution in [0.1, 0.15) is 43.0 Å². The van der Waals surface area contributed by atoms with Gasteiger partial charge in [-0.25, -0.2) is 14.8 Å². The zero-order chi connectivity index (χ0) is 28.6. The lowest BCUT2D eigenvalue weighted by Crippen LogP contribution is -2.44. The third kappa shape index (κ3) is 5.46. The third-order valence-corrected chi connectivity index (χ3v) is 7.53. The second-order valence-electron chi connectivity index (χ2n) is 10.2. The fourth-order valence-corrected chi connectivity index (χ4v) is 4.85. The predicted octanol–water partition coefficient (Wildman–Crippen LogP) is 3.80. The Morgan fingerprint density at radius 1 is 1.22 bits per heavy atom. The molecule has 0 bridgehead atoms. The van der Waals surface area contributed by atoms with E-state index in [1.54, 1.807) is 36.8 Å². The molecule has 12 nitrogen and oxygen atoms in total. The molecule has 2 amide bonds. The van der Waals surface area contributed by atoms with Crippen LogP contribution in [-0.4, -0.2) is 60.2 Å². The summed E-state index contributed by atoms with van der Waals surface area (Å²) in [5.74, 6) is 0.109. The molecule has 4 aromatic rings. The van der Waals surface area contributed by atoms with Crippen LogP contribution < -0.4 is 11.1 Å². The van der Waals surface area contributed by atoms with E-state index >= 15 is 0 Å². The number of H-pyrrole nitrogens is 1. The Labute approximate surface area is 240 Å². The van der Waals surface area contributed by atoms with Gasteiger partial charge in [-0.3, -0.25) is 24.8 Å². The summed E-state index contributed by atoms with van der Waals surface area (Å²) in [5, 5.41) is 9.99. The number of aromatic amines is 1. The maximum atomic E-state index is 13.8. The highest BCUT2D eigenvalue weighted by molar-refractivity contribution is 6.33. The summed E-state index contributed by atoms with van der Waals surface area (Å²) < 4.78 is 5.61. The minimum Gasteiger partial charge on any atom is -0.447 e. The second kappa shape index (κ2) is 10.6. The Morgan fingerprint density at radius 3 is 2.71 bits per heavy atom. The lowest BCUT2D eigenvalue weighted by atomic mass is 10.0. The van der Waals surface area contributed by atoms with Gasteiger partial charge in [-0.15, -0.1) is 0 Å². The summed E-state index contributed by atoms with van der Waals surface area (Å²) in [6, 6.07) is 10.9. The number of rotatable bonds is 8. The zero-order valence-corrected chi connectivity index (χ0v) is 22.7. The minimum absolute atomic E-state index is 0.0114. The molecule has 2 atom stereocenters. The molecule has 1 saturated carbocycles. The number of ether oxygens (including phenoxy) is 1. The lowest BCUT2D eigenvalue weighted by molar-refractivity contribution is -0.129. The van der Waals surface area contributed by atoms with Crippen molar-refractivity contribution in [3.8, 4) is 22.6 Å². The minimum atomic E-state index is -0.867. The fraction of sp³-hybridized carbons (Fsp3) is 0.250. The van der Waals surface area contributed by atoms with E-state index in [2.05, 4.69) is 35.5 Å². The van der Waals surface area contributed by atoms with Gasteiger partial charge in [0.15, 0.2) is 17.8 Å². The summed E-state index contributed by atoms with van der Waals surface area (Å²) in [4.78, 5) is 44.9. The molecule has 4 N–H and O–H groups in total. The van der Waals surface area contributed by atoms with Crippen molar-refractivity contribution in [3.63, 3.8) is 0 Å². The van der Waals surface area contributed by atoms with Crippen molar-refractivity contribution in [2.24, 2.45) is 10.7 Å². The predicted molar refractivity (Wildman–Crippen MR) is 150 cm³/mol. The number of alkyl carbamates (subject to hydrolysis) is 1. The Kier molecular flexibility index (Phi) is 6.83. The van der Waals surface area contributed by atoms with E-state index in [9.17, 15) is 9.59 Å². The first kappa shape index (κ1) is 26.4. The Balaban J connectivity index is 1.29. The molecule has 2 aromatic carbocycles. The van der Waals surface area contributed by atoms with Crippen molar-refractivity contribution in [2.75, 3.05) is 6.61 Å². The van der Waals surface area contributed by atoms with E-state index in [0.717, 1.165) is 18.4 Å². The number of carbonyl (C=O) groups excluding carboxylic acids is 2. The van der Waals surface area contributed by atoms with Crippen LogP contribution in [0.3, 0.4) is 0 Å². The van der Waals surface area contributed by atoms with Gasteiger partial charge in [-0.1, -0.05) is 41.9 Å². The number of hydrogen-bond acceptors (Lipinski definition) is 9. The number of aromatic nitrogens is 5. The van der Waals surface area contributed by atoms with Crippen molar-refractivity contribution in [2.45, 2.75) is 37.4 Å². The number of carbonyl (C=O) groups is 2. The maximum absolute atomic E-state index is 13.8. The van der Waals surface area contributed by atoms with Crippen LogP contribution in [0.15, 0.2) is 72.4 Å². The second-order valence-corrected chi connectivity index (χ2v) is 10.6. The Morgan fingerprint density at radius 2 is 2.02 bits per heavy atom. The molecule has 13 heteroatoms. The summed E-state index contributed by atoms with van der Waals surface area (Å²) in [7, 11) is 0. The van der Waals surface area contributed by atoms with Crippen LogP contribution >= 0.6 is 11.6 Å². The van der Waals surface area contributed by atoms with E-state index in [0.29, 0.717) is 33.2 Å². The highest BCUT2D eigenvalue weighted by Gasteiger charge is 2.42. The van der Waals surface area contributed by atoms with Gasteiger partial charge in [0, 0.05) is 29.1 Å². The average molecular weight is 572 g/mol. The number of guanidine groups is 1. The van der Waals surface area contributed by atoms with Gasteiger partial charge < -0.3 is 15.8 Å². The molecule has 2 aromatic heterocycles.